The van der Waals surface area contributed by atoms with E-state index in [1.54, 1.807) is 0 Å². The molecule has 0 aliphatic heterocycles. The highest BCUT2D eigenvalue weighted by Gasteiger charge is 2.55. The molecule has 0 spiro atoms. The second-order valence-electron chi connectivity index (χ2n) is 6.22. The fourth-order valence-corrected chi connectivity index (χ4v) is 3.73. The molecule has 2 aromatic rings. The highest BCUT2D eigenvalue weighted by Crippen LogP contribution is 2.58. The van der Waals surface area contributed by atoms with E-state index in [2.05, 4.69) is 38.1 Å². The lowest BCUT2D eigenvalue weighted by Gasteiger charge is -2.42. The molecule has 0 amide bonds. The van der Waals surface area contributed by atoms with Gasteiger partial charge in [0.05, 0.1) is 12.1 Å². The molecule has 0 fully saturated rings. The summed E-state index contributed by atoms with van der Waals surface area (Å²) in [4.78, 5) is 0. The molecule has 2 aromatic carbocycles. The fraction of sp³-hybridized carbons (Fsp3) is 0.333. The monoisotopic (exact) mass is 267 g/mol. The van der Waals surface area contributed by atoms with Crippen LogP contribution < -0.4 is 5.73 Å². The molecule has 3 rings (SSSR count). The van der Waals surface area contributed by atoms with Gasteiger partial charge in [-0.2, -0.15) is 0 Å². The van der Waals surface area contributed by atoms with E-state index < -0.39 is 5.54 Å². The Morgan fingerprint density at radius 1 is 1.00 bits per heavy atom. The minimum atomic E-state index is -0.571. The Morgan fingerprint density at radius 3 is 2.25 bits per heavy atom. The van der Waals surface area contributed by atoms with Gasteiger partial charge in [-0.3, -0.25) is 0 Å². The largest absolute Gasteiger partial charge is 0.396 e. The van der Waals surface area contributed by atoms with E-state index in [9.17, 15) is 5.11 Å². The minimum absolute atomic E-state index is 0.0592. The summed E-state index contributed by atoms with van der Waals surface area (Å²) in [5.74, 6) is 0.0592. The van der Waals surface area contributed by atoms with Crippen molar-refractivity contribution in [3.63, 3.8) is 0 Å². The summed E-state index contributed by atoms with van der Waals surface area (Å²) in [6.45, 7) is 4.43. The van der Waals surface area contributed by atoms with Crippen LogP contribution >= 0.6 is 0 Å². The molecule has 2 heteroatoms. The number of fused-ring (bicyclic) bond motifs is 1. The van der Waals surface area contributed by atoms with E-state index in [1.807, 2.05) is 30.3 Å². The summed E-state index contributed by atoms with van der Waals surface area (Å²) in [5.41, 5.74) is 9.52. The molecule has 0 saturated carbocycles. The first-order chi connectivity index (χ1) is 9.53. The van der Waals surface area contributed by atoms with Crippen LogP contribution in [0.2, 0.25) is 0 Å². The van der Waals surface area contributed by atoms with Gasteiger partial charge < -0.3 is 10.8 Å². The quantitative estimate of drug-likeness (QED) is 0.878. The lowest BCUT2D eigenvalue weighted by Crippen LogP contribution is -2.49. The summed E-state index contributed by atoms with van der Waals surface area (Å²) >= 11 is 0. The molecular weight excluding hydrogens is 246 g/mol. The Balaban J connectivity index is 2.30. The Kier molecular flexibility index (Phi) is 2.96. The zero-order valence-corrected chi connectivity index (χ0v) is 12.0. The van der Waals surface area contributed by atoms with Gasteiger partial charge in [-0.05, 0) is 16.7 Å². The van der Waals surface area contributed by atoms with Gasteiger partial charge in [0, 0.05) is 11.3 Å². The van der Waals surface area contributed by atoms with Gasteiger partial charge in [-0.15, -0.1) is 0 Å². The van der Waals surface area contributed by atoms with Crippen LogP contribution in [0.4, 0.5) is 0 Å². The molecule has 0 heterocycles. The molecule has 0 aromatic heterocycles. The third kappa shape index (κ3) is 1.52. The average Bonchev–Trinajstić information content (AvgIpc) is 2.65. The number of rotatable bonds is 2. The van der Waals surface area contributed by atoms with Gasteiger partial charge in [0.1, 0.15) is 0 Å². The maximum Gasteiger partial charge on any atom is 0.0726 e. The second-order valence-corrected chi connectivity index (χ2v) is 6.22. The van der Waals surface area contributed by atoms with Crippen molar-refractivity contribution >= 4 is 0 Å². The predicted octanol–water partition coefficient (Wildman–Crippen LogP) is 3.00. The highest BCUT2D eigenvalue weighted by molar-refractivity contribution is 5.52. The zero-order chi connectivity index (χ0) is 14.4. The van der Waals surface area contributed by atoms with E-state index in [-0.39, 0.29) is 17.9 Å². The number of hydrogen-bond donors (Lipinski definition) is 2. The Hall–Kier alpha value is -1.64. The van der Waals surface area contributed by atoms with Gasteiger partial charge in [0.25, 0.3) is 0 Å². The van der Waals surface area contributed by atoms with Crippen molar-refractivity contribution in [1.29, 1.82) is 0 Å². The average molecular weight is 267 g/mol. The molecule has 0 radical (unpaired) electrons. The van der Waals surface area contributed by atoms with Crippen molar-refractivity contribution in [3.05, 3.63) is 71.3 Å². The maximum absolute atomic E-state index is 9.87. The molecule has 0 saturated heterocycles. The van der Waals surface area contributed by atoms with E-state index in [1.165, 1.54) is 5.56 Å². The Bertz CT molecular complexity index is 620. The van der Waals surface area contributed by atoms with Crippen molar-refractivity contribution in [2.45, 2.75) is 25.3 Å². The van der Waals surface area contributed by atoms with Crippen LogP contribution in [0, 0.1) is 5.41 Å². The molecule has 0 bridgehead atoms. The normalized spacial score (nSPS) is 27.3. The minimum Gasteiger partial charge on any atom is -0.396 e. The van der Waals surface area contributed by atoms with Crippen molar-refractivity contribution in [3.8, 4) is 0 Å². The summed E-state index contributed by atoms with van der Waals surface area (Å²) in [6, 6.07) is 18.5. The number of hydrogen-bond acceptors (Lipinski definition) is 2. The number of benzene rings is 2. The van der Waals surface area contributed by atoms with E-state index in [4.69, 9.17) is 5.73 Å². The number of aliphatic hydroxyl groups is 1. The number of nitrogens with two attached hydrogens (primary N) is 1. The molecule has 2 nitrogen and oxygen atoms in total. The van der Waals surface area contributed by atoms with Crippen LogP contribution in [0.1, 0.15) is 36.5 Å². The molecule has 1 aliphatic rings. The third-order valence-electron chi connectivity index (χ3n) is 5.06. The van der Waals surface area contributed by atoms with Crippen molar-refractivity contribution in [1.82, 2.24) is 0 Å². The Labute approximate surface area is 120 Å². The third-order valence-corrected chi connectivity index (χ3v) is 5.06. The lowest BCUT2D eigenvalue weighted by molar-refractivity contribution is 0.131. The first kappa shape index (κ1) is 13.3. The molecule has 1 aliphatic carbocycles. The summed E-state index contributed by atoms with van der Waals surface area (Å²) < 4.78 is 0. The molecule has 104 valence electrons. The van der Waals surface area contributed by atoms with Gasteiger partial charge in [0.15, 0.2) is 0 Å². The van der Waals surface area contributed by atoms with Gasteiger partial charge in [-0.25, -0.2) is 0 Å². The van der Waals surface area contributed by atoms with Crippen molar-refractivity contribution in [2.24, 2.45) is 11.1 Å². The molecule has 2 unspecified atom stereocenters. The van der Waals surface area contributed by atoms with Crippen LogP contribution in [0.5, 0.6) is 0 Å². The zero-order valence-electron chi connectivity index (χ0n) is 12.0. The second kappa shape index (κ2) is 4.44. The van der Waals surface area contributed by atoms with Crippen molar-refractivity contribution < 1.29 is 5.11 Å². The van der Waals surface area contributed by atoms with Crippen LogP contribution in [0.25, 0.3) is 0 Å². The maximum atomic E-state index is 9.87. The smallest absolute Gasteiger partial charge is 0.0726 e. The van der Waals surface area contributed by atoms with E-state index in [0.717, 1.165) is 11.1 Å². The van der Waals surface area contributed by atoms with E-state index >= 15 is 0 Å². The SMILES string of the molecule is CC1(C)C(CO)c2ccccc2C1(N)c1ccccc1. The molecule has 20 heavy (non-hydrogen) atoms. The van der Waals surface area contributed by atoms with Crippen LogP contribution in [-0.4, -0.2) is 11.7 Å². The van der Waals surface area contributed by atoms with Crippen LogP contribution in [-0.2, 0) is 5.54 Å². The molecular formula is C18H21NO. The predicted molar refractivity (Wildman–Crippen MR) is 81.5 cm³/mol. The summed E-state index contributed by atoms with van der Waals surface area (Å²) in [6.07, 6.45) is 0. The van der Waals surface area contributed by atoms with E-state index in [0.29, 0.717) is 0 Å². The standard InChI is InChI=1S/C18H21NO/c1-17(2)16(12-20)14-10-6-7-11-15(14)18(17,19)13-8-4-3-5-9-13/h3-11,16,20H,12,19H2,1-2H3. The van der Waals surface area contributed by atoms with Gasteiger partial charge >= 0.3 is 0 Å². The first-order valence-corrected chi connectivity index (χ1v) is 7.08. The Morgan fingerprint density at radius 2 is 1.60 bits per heavy atom. The van der Waals surface area contributed by atoms with Crippen LogP contribution in [0.3, 0.4) is 0 Å². The summed E-state index contributed by atoms with van der Waals surface area (Å²) in [5, 5.41) is 9.87. The van der Waals surface area contributed by atoms with Crippen LogP contribution in [0.15, 0.2) is 54.6 Å². The summed E-state index contributed by atoms with van der Waals surface area (Å²) in [7, 11) is 0. The number of aliphatic hydroxyl groups excluding tert-OH is 1. The topological polar surface area (TPSA) is 46.2 Å². The van der Waals surface area contributed by atoms with Crippen molar-refractivity contribution in [2.75, 3.05) is 6.61 Å². The first-order valence-electron chi connectivity index (χ1n) is 7.08. The molecule has 3 N–H and O–H groups in total. The lowest BCUT2D eigenvalue weighted by atomic mass is 9.66. The molecule has 2 atom stereocenters. The van der Waals surface area contributed by atoms with Gasteiger partial charge in [-0.1, -0.05) is 68.4 Å². The highest BCUT2D eigenvalue weighted by atomic mass is 16.3. The fourth-order valence-electron chi connectivity index (χ4n) is 3.73. The van der Waals surface area contributed by atoms with Gasteiger partial charge in [0.2, 0.25) is 0 Å².